The van der Waals surface area contributed by atoms with Crippen molar-refractivity contribution in [1.82, 2.24) is 4.90 Å². The lowest BCUT2D eigenvalue weighted by Gasteiger charge is -2.39. The van der Waals surface area contributed by atoms with Gasteiger partial charge in [-0.15, -0.1) is 0 Å². The number of halogens is 1. The minimum atomic E-state index is 0.0694. The Morgan fingerprint density at radius 2 is 1.76 bits per heavy atom. The number of hydrogen-bond acceptors (Lipinski definition) is 2. The number of amides is 1. The summed E-state index contributed by atoms with van der Waals surface area (Å²) in [7, 11) is 0. The molecule has 3 nitrogen and oxygen atoms in total. The molecule has 0 unspecified atom stereocenters. The number of likely N-dealkylation sites (tertiary alicyclic amines) is 1. The van der Waals surface area contributed by atoms with E-state index in [9.17, 15) is 4.79 Å². The van der Waals surface area contributed by atoms with Gasteiger partial charge in [0.15, 0.2) is 6.61 Å². The van der Waals surface area contributed by atoms with Crippen LogP contribution in [-0.4, -0.2) is 29.5 Å². The first-order chi connectivity index (χ1) is 9.90. The number of benzene rings is 1. The van der Waals surface area contributed by atoms with E-state index in [1.165, 1.54) is 6.42 Å². The molecule has 116 valence electrons. The molecule has 1 heterocycles. The summed E-state index contributed by atoms with van der Waals surface area (Å²) in [6.07, 6.45) is 3.35. The lowest BCUT2D eigenvalue weighted by Crippen LogP contribution is -2.49. The van der Waals surface area contributed by atoms with Crippen LogP contribution in [0.3, 0.4) is 0 Å². The van der Waals surface area contributed by atoms with Gasteiger partial charge in [0.05, 0.1) is 0 Å². The fourth-order valence-electron chi connectivity index (χ4n) is 3.12. The minimum absolute atomic E-state index is 0.0694. The number of aryl methyl sites for hydroxylation is 2. The van der Waals surface area contributed by atoms with Gasteiger partial charge in [-0.05, 0) is 70.2 Å². The third-order valence-electron chi connectivity index (χ3n) is 4.25. The second kappa shape index (κ2) is 6.69. The van der Waals surface area contributed by atoms with Crippen molar-refractivity contribution in [1.29, 1.82) is 0 Å². The van der Waals surface area contributed by atoms with E-state index in [0.29, 0.717) is 17.8 Å². The van der Waals surface area contributed by atoms with Gasteiger partial charge in [0.25, 0.3) is 5.91 Å². The monoisotopic (exact) mass is 309 g/mol. The van der Waals surface area contributed by atoms with E-state index in [1.807, 2.05) is 30.9 Å². The molecule has 1 aromatic rings. The van der Waals surface area contributed by atoms with E-state index in [2.05, 4.69) is 13.8 Å². The Hall–Kier alpha value is -1.22. The van der Waals surface area contributed by atoms with E-state index in [1.54, 1.807) is 0 Å². The Labute approximate surface area is 132 Å². The second-order valence-electron chi connectivity index (χ2n) is 6.09. The highest BCUT2D eigenvalue weighted by atomic mass is 35.5. The zero-order valence-corrected chi connectivity index (χ0v) is 14.0. The molecule has 0 radical (unpaired) electrons. The molecule has 1 amide bonds. The number of rotatable bonds is 3. The maximum Gasteiger partial charge on any atom is 0.260 e. The number of nitrogens with zero attached hydrogens (tertiary/aromatic N) is 1. The van der Waals surface area contributed by atoms with Crippen molar-refractivity contribution in [3.05, 3.63) is 28.3 Å². The average Bonchev–Trinajstić information content (AvgIpc) is 2.42. The van der Waals surface area contributed by atoms with Gasteiger partial charge >= 0.3 is 0 Å². The third kappa shape index (κ3) is 3.70. The molecule has 21 heavy (non-hydrogen) atoms. The Morgan fingerprint density at radius 1 is 1.24 bits per heavy atom. The molecule has 1 aliphatic rings. The van der Waals surface area contributed by atoms with Gasteiger partial charge < -0.3 is 9.64 Å². The fraction of sp³-hybridized carbons (Fsp3) is 0.588. The number of carbonyl (C=O) groups excluding carboxylic acids is 1. The van der Waals surface area contributed by atoms with Crippen LogP contribution in [0.2, 0.25) is 5.02 Å². The van der Waals surface area contributed by atoms with Gasteiger partial charge in [-0.3, -0.25) is 4.79 Å². The van der Waals surface area contributed by atoms with E-state index in [4.69, 9.17) is 16.3 Å². The highest BCUT2D eigenvalue weighted by Gasteiger charge is 2.28. The van der Waals surface area contributed by atoms with Crippen LogP contribution in [0, 0.1) is 13.8 Å². The fourth-order valence-corrected chi connectivity index (χ4v) is 3.23. The molecule has 1 saturated heterocycles. The topological polar surface area (TPSA) is 29.5 Å². The van der Waals surface area contributed by atoms with E-state index < -0.39 is 0 Å². The molecule has 4 heteroatoms. The molecule has 1 aromatic carbocycles. The van der Waals surface area contributed by atoms with Crippen molar-refractivity contribution in [2.24, 2.45) is 0 Å². The second-order valence-corrected chi connectivity index (χ2v) is 6.47. The van der Waals surface area contributed by atoms with E-state index in [0.717, 1.165) is 29.0 Å². The van der Waals surface area contributed by atoms with Gasteiger partial charge in [0.1, 0.15) is 5.75 Å². The smallest absolute Gasteiger partial charge is 0.260 e. The molecule has 0 aliphatic carbocycles. The molecular formula is C17H24ClNO2. The summed E-state index contributed by atoms with van der Waals surface area (Å²) in [6.45, 7) is 8.21. The Balaban J connectivity index is 2.01. The van der Waals surface area contributed by atoms with Crippen molar-refractivity contribution in [2.75, 3.05) is 6.61 Å². The summed E-state index contributed by atoms with van der Waals surface area (Å²) in [5, 5.41) is 0.756. The van der Waals surface area contributed by atoms with Crippen molar-refractivity contribution < 1.29 is 9.53 Å². The summed E-state index contributed by atoms with van der Waals surface area (Å²) in [5.41, 5.74) is 1.94. The van der Waals surface area contributed by atoms with Crippen molar-refractivity contribution >= 4 is 17.5 Å². The van der Waals surface area contributed by atoms with E-state index >= 15 is 0 Å². The number of piperidine rings is 1. The number of ether oxygens (including phenoxy) is 1. The van der Waals surface area contributed by atoms with Crippen LogP contribution in [0.25, 0.3) is 0 Å². The lowest BCUT2D eigenvalue weighted by molar-refractivity contribution is -0.139. The zero-order valence-electron chi connectivity index (χ0n) is 13.3. The standard InChI is InChI=1S/C17H24ClNO2/c1-11-8-15(9-12(2)17(11)18)21-10-16(20)19-13(3)6-5-7-14(19)4/h8-9,13-14H,5-7,10H2,1-4H3/t13-,14-/m1/s1. The summed E-state index contributed by atoms with van der Waals surface area (Å²) < 4.78 is 5.68. The quantitative estimate of drug-likeness (QED) is 0.840. The summed E-state index contributed by atoms with van der Waals surface area (Å²) in [6, 6.07) is 4.37. The molecule has 2 atom stereocenters. The maximum absolute atomic E-state index is 12.4. The van der Waals surface area contributed by atoms with Crippen LogP contribution in [0.5, 0.6) is 5.75 Å². The SMILES string of the molecule is Cc1cc(OCC(=O)N2[C@H](C)CCC[C@H]2C)cc(C)c1Cl. The summed E-state index contributed by atoms with van der Waals surface area (Å²) >= 11 is 6.14. The van der Waals surface area contributed by atoms with Crippen LogP contribution in [0.1, 0.15) is 44.2 Å². The molecule has 0 bridgehead atoms. The largest absolute Gasteiger partial charge is 0.484 e. The molecule has 2 rings (SSSR count). The zero-order chi connectivity index (χ0) is 15.6. The van der Waals surface area contributed by atoms with Crippen LogP contribution in [0.4, 0.5) is 0 Å². The van der Waals surface area contributed by atoms with Crippen LogP contribution < -0.4 is 4.74 Å². The third-order valence-corrected chi connectivity index (χ3v) is 4.85. The minimum Gasteiger partial charge on any atom is -0.484 e. The van der Waals surface area contributed by atoms with Crippen molar-refractivity contribution in [3.8, 4) is 5.75 Å². The van der Waals surface area contributed by atoms with Gasteiger partial charge in [-0.1, -0.05) is 11.6 Å². The van der Waals surface area contributed by atoms with Crippen LogP contribution in [-0.2, 0) is 4.79 Å². The molecule has 0 saturated carbocycles. The summed E-state index contributed by atoms with van der Waals surface area (Å²) in [5.74, 6) is 0.778. The Kier molecular flexibility index (Phi) is 5.15. The van der Waals surface area contributed by atoms with E-state index in [-0.39, 0.29) is 12.5 Å². The highest BCUT2D eigenvalue weighted by molar-refractivity contribution is 6.32. The van der Waals surface area contributed by atoms with Gasteiger partial charge in [-0.25, -0.2) is 0 Å². The average molecular weight is 310 g/mol. The number of hydrogen-bond donors (Lipinski definition) is 0. The van der Waals surface area contributed by atoms with Crippen LogP contribution >= 0.6 is 11.6 Å². The van der Waals surface area contributed by atoms with Crippen molar-refractivity contribution in [2.45, 2.75) is 59.0 Å². The van der Waals surface area contributed by atoms with Crippen molar-refractivity contribution in [3.63, 3.8) is 0 Å². The predicted molar refractivity (Wildman–Crippen MR) is 86.0 cm³/mol. The van der Waals surface area contributed by atoms with Gasteiger partial charge in [-0.2, -0.15) is 0 Å². The molecule has 1 fully saturated rings. The highest BCUT2D eigenvalue weighted by Crippen LogP contribution is 2.26. The maximum atomic E-state index is 12.4. The number of carbonyl (C=O) groups is 1. The first kappa shape index (κ1) is 16.2. The van der Waals surface area contributed by atoms with Gasteiger partial charge in [0.2, 0.25) is 0 Å². The molecular weight excluding hydrogens is 286 g/mol. The lowest BCUT2D eigenvalue weighted by atomic mass is 9.97. The predicted octanol–water partition coefficient (Wildman–Crippen LogP) is 4.13. The molecule has 1 aliphatic heterocycles. The molecule has 0 N–H and O–H groups in total. The normalized spacial score (nSPS) is 22.2. The van der Waals surface area contributed by atoms with Gasteiger partial charge in [0, 0.05) is 17.1 Å². The Morgan fingerprint density at radius 3 is 2.29 bits per heavy atom. The first-order valence-corrected chi connectivity index (χ1v) is 7.98. The molecule has 0 aromatic heterocycles. The molecule has 0 spiro atoms. The first-order valence-electron chi connectivity index (χ1n) is 7.61. The summed E-state index contributed by atoms with van der Waals surface area (Å²) in [4.78, 5) is 14.4. The van der Waals surface area contributed by atoms with Crippen LogP contribution in [0.15, 0.2) is 12.1 Å². The Bertz CT molecular complexity index is 497.